The minimum atomic E-state index is -0.720. The van der Waals surface area contributed by atoms with Crippen molar-refractivity contribution in [2.75, 3.05) is 19.8 Å². The molecule has 0 heterocycles. The maximum Gasteiger partial charge on any atom is 0.0894 e. The van der Waals surface area contributed by atoms with Crippen molar-refractivity contribution in [1.29, 1.82) is 0 Å². The summed E-state index contributed by atoms with van der Waals surface area (Å²) in [4.78, 5) is 0. The fourth-order valence-electron chi connectivity index (χ4n) is 7.24. The zero-order chi connectivity index (χ0) is 47.3. The molecule has 0 aliphatic carbocycles. The van der Waals surface area contributed by atoms with Gasteiger partial charge in [-0.25, -0.2) is 0 Å². The number of aliphatic hydroxyl groups excluding tert-OH is 6. The average Bonchev–Trinajstić information content (AvgIpc) is 3.30. The third kappa shape index (κ3) is 57.3. The molecular weight excluding hydrogens is 822 g/mol. The number of halogens is 1. The summed E-state index contributed by atoms with van der Waals surface area (Å²) in [5.41, 5.74) is 16.5. The third-order valence-electron chi connectivity index (χ3n) is 11.9. The van der Waals surface area contributed by atoms with Gasteiger partial charge in [-0.05, 0) is 38.5 Å². The number of aliphatic hydroxyl groups is 6. The fraction of sp³-hybridized carbons (Fsp3) is 0.889. The van der Waals surface area contributed by atoms with Crippen LogP contribution in [0.3, 0.4) is 0 Å². The maximum atomic E-state index is 9.52. The van der Waals surface area contributed by atoms with Crippen molar-refractivity contribution < 1.29 is 30.6 Å². The summed E-state index contributed by atoms with van der Waals surface area (Å²) in [6, 6.07) is -1.67. The molecule has 10 heteroatoms. The highest BCUT2D eigenvalue weighted by atomic mass is 35.5. The molecule has 0 amide bonds. The van der Waals surface area contributed by atoms with Crippen molar-refractivity contribution in [1.82, 2.24) is 0 Å². The van der Waals surface area contributed by atoms with E-state index in [1.54, 1.807) is 18.2 Å². The third-order valence-corrected chi connectivity index (χ3v) is 11.9. The summed E-state index contributed by atoms with van der Waals surface area (Å²) in [7, 11) is 0. The van der Waals surface area contributed by atoms with E-state index in [1.807, 2.05) is 18.2 Å². The number of allylic oxidation sites excluding steroid dienone is 3. The first-order valence-corrected chi connectivity index (χ1v) is 26.8. The van der Waals surface area contributed by atoms with Crippen LogP contribution < -0.4 is 17.2 Å². The van der Waals surface area contributed by atoms with Crippen molar-refractivity contribution in [3.8, 4) is 0 Å². The van der Waals surface area contributed by atoms with Gasteiger partial charge in [-0.2, -0.15) is 0 Å². The largest absolute Gasteiger partial charge is 0.395 e. The van der Waals surface area contributed by atoms with E-state index < -0.39 is 36.4 Å². The standard InChI is InChI=1S/3C18H37NO2.ClH/c3*1-2-3-4-5-6-7-8-9-10-11-12-13-14-15-18(21)17(19)16-20;/h3*14-15,17-18,20-21H,2-13,16,19H2,1H3;1H/b3*15-14+;/t3*17-,18+;/m000./s1. The molecule has 0 aliphatic rings. The Kier molecular flexibility index (Phi) is 65.5. The summed E-state index contributed by atoms with van der Waals surface area (Å²) >= 11 is 0. The molecule has 386 valence electrons. The maximum absolute atomic E-state index is 9.52. The zero-order valence-corrected chi connectivity index (χ0v) is 43.1. The molecule has 0 aromatic heterocycles. The van der Waals surface area contributed by atoms with Crippen LogP contribution in [0.5, 0.6) is 0 Å². The normalized spacial score (nSPS) is 14.4. The van der Waals surface area contributed by atoms with Crippen LogP contribution >= 0.6 is 12.4 Å². The molecule has 0 fully saturated rings. The van der Waals surface area contributed by atoms with E-state index in [0.29, 0.717) is 0 Å². The number of hydrogen-bond donors (Lipinski definition) is 9. The molecule has 0 unspecified atom stereocenters. The molecule has 0 saturated carbocycles. The molecule has 64 heavy (non-hydrogen) atoms. The van der Waals surface area contributed by atoms with E-state index in [0.717, 1.165) is 19.3 Å². The zero-order valence-electron chi connectivity index (χ0n) is 42.3. The Morgan fingerprint density at radius 2 is 0.453 bits per heavy atom. The predicted molar refractivity (Wildman–Crippen MR) is 281 cm³/mol. The Morgan fingerprint density at radius 1 is 0.297 bits per heavy atom. The summed E-state index contributed by atoms with van der Waals surface area (Å²) in [5.74, 6) is 0. The van der Waals surface area contributed by atoms with Crippen molar-refractivity contribution in [2.45, 2.75) is 288 Å². The van der Waals surface area contributed by atoms with Crippen LogP contribution in [0.2, 0.25) is 0 Å². The Bertz CT molecular complexity index is 815. The van der Waals surface area contributed by atoms with Crippen LogP contribution in [-0.2, 0) is 0 Å². The Labute approximate surface area is 403 Å². The first-order valence-electron chi connectivity index (χ1n) is 26.8. The average molecular weight is 935 g/mol. The highest BCUT2D eigenvalue weighted by molar-refractivity contribution is 5.85. The second-order valence-corrected chi connectivity index (χ2v) is 18.3. The smallest absolute Gasteiger partial charge is 0.0894 e. The van der Waals surface area contributed by atoms with Gasteiger partial charge in [-0.3, -0.25) is 0 Å². The van der Waals surface area contributed by atoms with Gasteiger partial charge in [0.15, 0.2) is 0 Å². The first kappa shape index (κ1) is 69.7. The van der Waals surface area contributed by atoms with Crippen LogP contribution in [0.15, 0.2) is 36.5 Å². The molecule has 9 nitrogen and oxygen atoms in total. The second kappa shape index (κ2) is 60.2. The molecule has 0 aromatic carbocycles. The highest BCUT2D eigenvalue weighted by Gasteiger charge is 2.10. The quantitative estimate of drug-likeness (QED) is 0.0211. The molecular formula is C54H112ClN3O6. The van der Waals surface area contributed by atoms with E-state index in [4.69, 9.17) is 32.5 Å². The Balaban J connectivity index is -0.000000419. The summed E-state index contributed by atoms with van der Waals surface area (Å²) < 4.78 is 0. The molecule has 6 atom stereocenters. The van der Waals surface area contributed by atoms with Gasteiger partial charge in [0.05, 0.1) is 56.3 Å². The van der Waals surface area contributed by atoms with Crippen molar-refractivity contribution >= 4 is 12.4 Å². The Morgan fingerprint density at radius 3 is 0.609 bits per heavy atom. The summed E-state index contributed by atoms with van der Waals surface area (Å²) in [5, 5.41) is 54.9. The van der Waals surface area contributed by atoms with Gasteiger partial charge in [-0.1, -0.05) is 250 Å². The summed E-state index contributed by atoms with van der Waals surface area (Å²) in [6.07, 6.45) is 56.4. The molecule has 0 bridgehead atoms. The monoisotopic (exact) mass is 934 g/mol. The lowest BCUT2D eigenvalue weighted by atomic mass is 10.0. The lowest BCUT2D eigenvalue weighted by Crippen LogP contribution is -2.36. The highest BCUT2D eigenvalue weighted by Crippen LogP contribution is 2.15. The molecule has 0 radical (unpaired) electrons. The minimum Gasteiger partial charge on any atom is -0.395 e. The van der Waals surface area contributed by atoms with Gasteiger partial charge in [0.1, 0.15) is 0 Å². The summed E-state index contributed by atoms with van der Waals surface area (Å²) in [6.45, 7) is 6.25. The van der Waals surface area contributed by atoms with E-state index in [2.05, 4.69) is 20.8 Å². The number of rotatable bonds is 45. The first-order chi connectivity index (χ1) is 30.7. The number of nitrogens with two attached hydrogens (primary N) is 3. The van der Waals surface area contributed by atoms with Crippen molar-refractivity contribution in [3.63, 3.8) is 0 Å². The van der Waals surface area contributed by atoms with Gasteiger partial charge in [-0.15, -0.1) is 12.4 Å². The molecule has 0 saturated heterocycles. The van der Waals surface area contributed by atoms with E-state index in [-0.39, 0.29) is 32.2 Å². The van der Waals surface area contributed by atoms with Gasteiger partial charge in [0, 0.05) is 0 Å². The van der Waals surface area contributed by atoms with Crippen molar-refractivity contribution in [3.05, 3.63) is 36.5 Å². The van der Waals surface area contributed by atoms with Crippen LogP contribution in [0.4, 0.5) is 0 Å². The van der Waals surface area contributed by atoms with Gasteiger partial charge in [0.25, 0.3) is 0 Å². The Hall–Kier alpha value is -0.850. The van der Waals surface area contributed by atoms with E-state index in [9.17, 15) is 15.3 Å². The van der Waals surface area contributed by atoms with Gasteiger partial charge in [0.2, 0.25) is 0 Å². The van der Waals surface area contributed by atoms with Gasteiger partial charge < -0.3 is 47.8 Å². The fourth-order valence-corrected chi connectivity index (χ4v) is 7.24. The topological polar surface area (TPSA) is 199 Å². The SMILES string of the molecule is CCCCCCCCCCCCC/C=C/[C@@H](O)[C@@H](N)CO.CCCCCCCCCCCCC/C=C/[C@@H](O)[C@@H](N)CO.CCCCCCCCCCCCC/C=C/[C@@H](O)[C@@H](N)CO.Cl. The van der Waals surface area contributed by atoms with Crippen LogP contribution in [-0.4, -0.2) is 86.9 Å². The van der Waals surface area contributed by atoms with E-state index >= 15 is 0 Å². The van der Waals surface area contributed by atoms with Crippen molar-refractivity contribution in [2.24, 2.45) is 17.2 Å². The van der Waals surface area contributed by atoms with Crippen LogP contribution in [0.1, 0.15) is 252 Å². The predicted octanol–water partition coefficient (Wildman–Crippen LogP) is 12.2. The molecule has 0 rings (SSSR count). The van der Waals surface area contributed by atoms with Crippen LogP contribution in [0, 0.1) is 0 Å². The second-order valence-electron chi connectivity index (χ2n) is 18.3. The van der Waals surface area contributed by atoms with Crippen LogP contribution in [0.25, 0.3) is 0 Å². The van der Waals surface area contributed by atoms with E-state index in [1.165, 1.54) is 212 Å². The molecule has 0 aliphatic heterocycles. The van der Waals surface area contributed by atoms with Gasteiger partial charge >= 0.3 is 0 Å². The molecule has 0 aromatic rings. The minimum absolute atomic E-state index is 0. The number of hydrogen-bond acceptors (Lipinski definition) is 9. The molecule has 0 spiro atoms. The number of unbranched alkanes of at least 4 members (excludes halogenated alkanes) is 33. The lowest BCUT2D eigenvalue weighted by Gasteiger charge is -2.11. The molecule has 12 N–H and O–H groups in total. The lowest BCUT2D eigenvalue weighted by molar-refractivity contribution is 0.143.